The molecule has 3 nitrogen and oxygen atoms in total. The Kier molecular flexibility index (Phi) is 5.92. The van der Waals surface area contributed by atoms with Gasteiger partial charge in [0.1, 0.15) is 17.1 Å². The first-order chi connectivity index (χ1) is 13.0. The Morgan fingerprint density at radius 2 is 1.68 bits per heavy atom. The number of halogens is 3. The van der Waals surface area contributed by atoms with Crippen LogP contribution in [0.25, 0.3) is 10.9 Å². The summed E-state index contributed by atoms with van der Waals surface area (Å²) in [5.74, 6) is 0.751. The molecule has 6 heteroatoms. The van der Waals surface area contributed by atoms with Gasteiger partial charge in [0.05, 0.1) is 0 Å². The highest BCUT2D eigenvalue weighted by molar-refractivity contribution is 6.30. The van der Waals surface area contributed by atoms with Crippen LogP contribution < -0.4 is 4.74 Å². The van der Waals surface area contributed by atoms with Crippen molar-refractivity contribution in [2.24, 2.45) is 0 Å². The number of nitrogens with zero attached hydrogens (tertiary/aromatic N) is 2. The molecular weight excluding hydrogens is 398 g/mol. The summed E-state index contributed by atoms with van der Waals surface area (Å²) in [7, 11) is 0. The number of aryl methyl sites for hydroxylation is 1. The standard InChI is InChI=1S/C22H18ClFN2O.ClH/c1-14-15(2)26(13-16-3-5-17(23)6-4-16)21-20(14)11-12-25-22(21)27-19-9-7-18(24)8-10-19;/h3-12H,13H2,1-2H3;1H. The lowest BCUT2D eigenvalue weighted by Gasteiger charge is -2.12. The zero-order chi connectivity index (χ0) is 19.0. The maximum absolute atomic E-state index is 13.2. The third-order valence-corrected chi connectivity index (χ3v) is 5.05. The Morgan fingerprint density at radius 3 is 2.36 bits per heavy atom. The highest BCUT2D eigenvalue weighted by atomic mass is 35.5. The molecule has 4 aromatic rings. The number of ether oxygens (including phenoxy) is 1. The zero-order valence-electron chi connectivity index (χ0n) is 15.4. The van der Waals surface area contributed by atoms with E-state index in [-0.39, 0.29) is 18.2 Å². The van der Waals surface area contributed by atoms with Crippen molar-refractivity contribution in [2.75, 3.05) is 0 Å². The quantitative estimate of drug-likeness (QED) is 0.369. The van der Waals surface area contributed by atoms with Crippen molar-refractivity contribution in [3.05, 3.63) is 88.5 Å². The number of rotatable bonds is 4. The van der Waals surface area contributed by atoms with Crippen LogP contribution >= 0.6 is 24.0 Å². The average Bonchev–Trinajstić information content (AvgIpc) is 2.91. The van der Waals surface area contributed by atoms with Crippen LogP contribution in [-0.4, -0.2) is 9.55 Å². The minimum atomic E-state index is -0.300. The molecule has 0 aliphatic heterocycles. The number of pyridine rings is 1. The van der Waals surface area contributed by atoms with E-state index in [2.05, 4.69) is 23.4 Å². The SMILES string of the molecule is Cc1c(C)n(Cc2ccc(Cl)cc2)c2c(Oc3ccc(F)cc3)nccc12.Cl. The topological polar surface area (TPSA) is 27.1 Å². The van der Waals surface area contributed by atoms with Crippen LogP contribution in [0, 0.1) is 19.7 Å². The van der Waals surface area contributed by atoms with Crippen LogP contribution in [0.1, 0.15) is 16.8 Å². The molecule has 0 N–H and O–H groups in total. The van der Waals surface area contributed by atoms with Crippen LogP contribution in [0.2, 0.25) is 5.02 Å². The maximum Gasteiger partial charge on any atom is 0.244 e. The Bertz CT molecular complexity index is 1110. The van der Waals surface area contributed by atoms with Crippen LogP contribution in [0.15, 0.2) is 60.8 Å². The summed E-state index contributed by atoms with van der Waals surface area (Å²) >= 11 is 6.01. The normalized spacial score (nSPS) is 10.7. The first-order valence-corrected chi connectivity index (χ1v) is 9.03. The molecule has 0 amide bonds. The van der Waals surface area contributed by atoms with Gasteiger partial charge in [-0.15, -0.1) is 12.4 Å². The van der Waals surface area contributed by atoms with E-state index in [0.717, 1.165) is 22.2 Å². The highest BCUT2D eigenvalue weighted by Crippen LogP contribution is 2.33. The van der Waals surface area contributed by atoms with Crippen molar-refractivity contribution in [1.82, 2.24) is 9.55 Å². The number of fused-ring (bicyclic) bond motifs is 1. The van der Waals surface area contributed by atoms with E-state index in [9.17, 15) is 4.39 Å². The van der Waals surface area contributed by atoms with E-state index in [1.165, 1.54) is 17.7 Å². The predicted molar refractivity (Wildman–Crippen MR) is 113 cm³/mol. The molecule has 2 aromatic heterocycles. The van der Waals surface area contributed by atoms with E-state index < -0.39 is 0 Å². The van der Waals surface area contributed by atoms with Gasteiger partial charge in [0, 0.05) is 28.8 Å². The predicted octanol–water partition coefficient (Wildman–Crippen LogP) is 6.71. The lowest BCUT2D eigenvalue weighted by molar-refractivity contribution is 0.464. The number of hydrogen-bond donors (Lipinski definition) is 0. The molecule has 0 bridgehead atoms. The number of hydrogen-bond acceptors (Lipinski definition) is 2. The van der Waals surface area contributed by atoms with Crippen molar-refractivity contribution in [1.29, 1.82) is 0 Å². The summed E-state index contributed by atoms with van der Waals surface area (Å²) in [5, 5.41) is 1.81. The van der Waals surface area contributed by atoms with Gasteiger partial charge in [-0.25, -0.2) is 9.37 Å². The van der Waals surface area contributed by atoms with E-state index in [4.69, 9.17) is 16.3 Å². The summed E-state index contributed by atoms with van der Waals surface area (Å²) in [4.78, 5) is 4.44. The molecule has 0 atom stereocenters. The molecule has 0 saturated heterocycles. The molecule has 0 fully saturated rings. The van der Waals surface area contributed by atoms with Gasteiger partial charge in [-0.05, 0) is 67.4 Å². The Morgan fingerprint density at radius 1 is 1.00 bits per heavy atom. The average molecular weight is 417 g/mol. The Hall–Kier alpha value is -2.56. The van der Waals surface area contributed by atoms with Gasteiger partial charge in [0.2, 0.25) is 5.88 Å². The van der Waals surface area contributed by atoms with Crippen molar-refractivity contribution in [2.45, 2.75) is 20.4 Å². The minimum absolute atomic E-state index is 0. The van der Waals surface area contributed by atoms with Gasteiger partial charge < -0.3 is 9.30 Å². The van der Waals surface area contributed by atoms with Gasteiger partial charge in [0.25, 0.3) is 0 Å². The molecule has 144 valence electrons. The molecule has 0 saturated carbocycles. The fraction of sp³-hybridized carbons (Fsp3) is 0.136. The van der Waals surface area contributed by atoms with Gasteiger partial charge >= 0.3 is 0 Å². The lowest BCUT2D eigenvalue weighted by Crippen LogP contribution is -2.03. The molecule has 28 heavy (non-hydrogen) atoms. The molecule has 0 spiro atoms. The molecule has 0 aliphatic carbocycles. The first-order valence-electron chi connectivity index (χ1n) is 8.65. The molecular formula is C22H19Cl2FN2O. The fourth-order valence-electron chi connectivity index (χ4n) is 3.22. The Labute approximate surface area is 174 Å². The van der Waals surface area contributed by atoms with Crippen LogP contribution in [0.5, 0.6) is 11.6 Å². The smallest absolute Gasteiger partial charge is 0.244 e. The third-order valence-electron chi connectivity index (χ3n) is 4.79. The summed E-state index contributed by atoms with van der Waals surface area (Å²) in [6.07, 6.45) is 1.74. The molecule has 2 heterocycles. The second-order valence-electron chi connectivity index (χ2n) is 6.49. The first kappa shape index (κ1) is 20.2. The van der Waals surface area contributed by atoms with Crippen molar-refractivity contribution in [3.63, 3.8) is 0 Å². The van der Waals surface area contributed by atoms with E-state index >= 15 is 0 Å². The Balaban J connectivity index is 0.00000225. The monoisotopic (exact) mass is 416 g/mol. The van der Waals surface area contributed by atoms with Crippen LogP contribution in [0.4, 0.5) is 4.39 Å². The van der Waals surface area contributed by atoms with Crippen molar-refractivity contribution in [3.8, 4) is 11.6 Å². The summed E-state index contributed by atoms with van der Waals surface area (Å²) < 4.78 is 21.4. The van der Waals surface area contributed by atoms with Crippen LogP contribution in [0.3, 0.4) is 0 Å². The third kappa shape index (κ3) is 3.84. The van der Waals surface area contributed by atoms with Gasteiger partial charge in [0.15, 0.2) is 0 Å². The molecule has 4 rings (SSSR count). The second kappa shape index (κ2) is 8.21. The zero-order valence-corrected chi connectivity index (χ0v) is 17.0. The highest BCUT2D eigenvalue weighted by Gasteiger charge is 2.17. The maximum atomic E-state index is 13.2. The summed E-state index contributed by atoms with van der Waals surface area (Å²) in [5.41, 5.74) is 4.39. The molecule has 0 unspecified atom stereocenters. The van der Waals surface area contributed by atoms with E-state index in [0.29, 0.717) is 23.2 Å². The molecule has 0 radical (unpaired) electrons. The van der Waals surface area contributed by atoms with Gasteiger partial charge in [-0.1, -0.05) is 23.7 Å². The van der Waals surface area contributed by atoms with E-state index in [1.54, 1.807) is 18.3 Å². The second-order valence-corrected chi connectivity index (χ2v) is 6.93. The van der Waals surface area contributed by atoms with Crippen LogP contribution in [-0.2, 0) is 6.54 Å². The summed E-state index contributed by atoms with van der Waals surface area (Å²) in [6, 6.07) is 15.7. The number of aromatic nitrogens is 2. The molecule has 2 aromatic carbocycles. The number of benzene rings is 2. The lowest BCUT2D eigenvalue weighted by atomic mass is 10.2. The van der Waals surface area contributed by atoms with E-state index in [1.807, 2.05) is 30.3 Å². The fourth-order valence-corrected chi connectivity index (χ4v) is 3.35. The largest absolute Gasteiger partial charge is 0.437 e. The summed E-state index contributed by atoms with van der Waals surface area (Å²) in [6.45, 7) is 4.86. The van der Waals surface area contributed by atoms with Gasteiger partial charge in [-0.2, -0.15) is 0 Å². The minimum Gasteiger partial charge on any atom is -0.437 e. The van der Waals surface area contributed by atoms with Crippen molar-refractivity contribution >= 4 is 34.9 Å². The molecule has 0 aliphatic rings. The van der Waals surface area contributed by atoms with Crippen molar-refractivity contribution < 1.29 is 9.13 Å². The van der Waals surface area contributed by atoms with Gasteiger partial charge in [-0.3, -0.25) is 0 Å².